The molecule has 1 N–H and O–H groups in total. The molecular weight excluding hydrogens is 234 g/mol. The molecular formula is C11H19N5O2. The molecule has 1 aliphatic heterocycles. The Morgan fingerprint density at radius 2 is 2.17 bits per heavy atom. The zero-order chi connectivity index (χ0) is 13.3. The van der Waals surface area contributed by atoms with E-state index in [1.807, 2.05) is 11.8 Å². The molecule has 2 rings (SSSR count). The number of hydrogen-bond acceptors (Lipinski definition) is 5. The fourth-order valence-corrected chi connectivity index (χ4v) is 2.35. The fraction of sp³-hybridized carbons (Fsp3) is 0.727. The van der Waals surface area contributed by atoms with Crippen LogP contribution in [0, 0.1) is 0 Å². The average molecular weight is 253 g/mol. The van der Waals surface area contributed by atoms with E-state index in [1.54, 1.807) is 7.05 Å². The van der Waals surface area contributed by atoms with Gasteiger partial charge in [0.1, 0.15) is 0 Å². The lowest BCUT2D eigenvalue weighted by molar-refractivity contribution is 0.564. The van der Waals surface area contributed by atoms with Crippen molar-refractivity contribution in [1.29, 1.82) is 0 Å². The van der Waals surface area contributed by atoms with Crippen molar-refractivity contribution in [3.8, 4) is 0 Å². The summed E-state index contributed by atoms with van der Waals surface area (Å²) in [6, 6.07) is 0.271. The number of rotatable bonds is 3. The lowest BCUT2D eigenvalue weighted by Crippen LogP contribution is -2.46. The first-order valence-electron chi connectivity index (χ1n) is 6.18. The van der Waals surface area contributed by atoms with Crippen molar-refractivity contribution >= 4 is 5.82 Å². The number of aromatic nitrogens is 3. The average Bonchev–Trinajstić information content (AvgIpc) is 2.87. The summed E-state index contributed by atoms with van der Waals surface area (Å²) in [4.78, 5) is 25.7. The van der Waals surface area contributed by atoms with Gasteiger partial charge in [0.05, 0.1) is 0 Å². The summed E-state index contributed by atoms with van der Waals surface area (Å²) in [5.74, 6) is 0.357. The third kappa shape index (κ3) is 2.05. The van der Waals surface area contributed by atoms with Gasteiger partial charge in [-0.15, -0.1) is 5.10 Å². The first-order chi connectivity index (χ1) is 8.56. The highest BCUT2D eigenvalue weighted by molar-refractivity contribution is 5.36. The van der Waals surface area contributed by atoms with E-state index in [9.17, 15) is 9.59 Å². The number of likely N-dealkylation sites (N-methyl/N-ethyl adjacent to an activating group) is 1. The molecule has 1 aromatic rings. The van der Waals surface area contributed by atoms with E-state index in [0.717, 1.165) is 24.1 Å². The van der Waals surface area contributed by atoms with Crippen molar-refractivity contribution in [2.75, 3.05) is 24.5 Å². The molecule has 0 saturated carbocycles. The molecule has 1 atom stereocenters. The summed E-state index contributed by atoms with van der Waals surface area (Å²) in [6.07, 6.45) is 0.988. The first kappa shape index (κ1) is 12.8. The van der Waals surface area contributed by atoms with Gasteiger partial charge in [0, 0.05) is 33.2 Å². The van der Waals surface area contributed by atoms with Gasteiger partial charge in [0.2, 0.25) is 5.82 Å². The van der Waals surface area contributed by atoms with Crippen LogP contribution in [0.1, 0.15) is 13.3 Å². The molecule has 0 bridgehead atoms. The Kier molecular flexibility index (Phi) is 3.51. The minimum absolute atomic E-state index is 0.271. The molecule has 7 nitrogen and oxygen atoms in total. The number of hydrogen-bond donors (Lipinski definition) is 1. The highest BCUT2D eigenvalue weighted by atomic mass is 16.2. The van der Waals surface area contributed by atoms with Crippen molar-refractivity contribution < 1.29 is 0 Å². The zero-order valence-electron chi connectivity index (χ0n) is 11.0. The molecule has 1 aliphatic rings. The van der Waals surface area contributed by atoms with Crippen molar-refractivity contribution in [2.45, 2.75) is 19.4 Å². The predicted molar refractivity (Wildman–Crippen MR) is 69.0 cm³/mol. The van der Waals surface area contributed by atoms with Crippen LogP contribution in [0.3, 0.4) is 0 Å². The third-order valence-electron chi connectivity index (χ3n) is 3.39. The zero-order valence-corrected chi connectivity index (χ0v) is 11.0. The van der Waals surface area contributed by atoms with E-state index in [4.69, 9.17) is 0 Å². The normalized spacial score (nSPS) is 19.2. The van der Waals surface area contributed by atoms with Crippen LogP contribution in [0.5, 0.6) is 0 Å². The Labute approximate surface area is 105 Å². The van der Waals surface area contributed by atoms with E-state index in [0.29, 0.717) is 12.4 Å². The molecule has 1 saturated heterocycles. The Hall–Kier alpha value is -1.63. The summed E-state index contributed by atoms with van der Waals surface area (Å²) >= 11 is 0. The number of anilines is 1. The quantitative estimate of drug-likeness (QED) is 0.722. The largest absolute Gasteiger partial charge is 0.347 e. The summed E-state index contributed by atoms with van der Waals surface area (Å²) in [5.41, 5.74) is -0.726. The van der Waals surface area contributed by atoms with E-state index >= 15 is 0 Å². The van der Waals surface area contributed by atoms with Crippen LogP contribution >= 0.6 is 0 Å². The van der Waals surface area contributed by atoms with Crippen molar-refractivity contribution in [1.82, 2.24) is 19.7 Å². The molecule has 18 heavy (non-hydrogen) atoms. The minimum atomic E-state index is -0.399. The van der Waals surface area contributed by atoms with Gasteiger partial charge in [-0.2, -0.15) is 0 Å². The van der Waals surface area contributed by atoms with Gasteiger partial charge < -0.3 is 10.2 Å². The van der Waals surface area contributed by atoms with Crippen LogP contribution in [0.15, 0.2) is 9.59 Å². The molecule has 0 aliphatic carbocycles. The van der Waals surface area contributed by atoms with Gasteiger partial charge >= 0.3 is 5.69 Å². The first-order valence-corrected chi connectivity index (χ1v) is 6.18. The number of nitrogens with one attached hydrogen (secondary N) is 1. The molecule has 0 amide bonds. The number of aryl methyl sites for hydroxylation is 1. The van der Waals surface area contributed by atoms with E-state index in [-0.39, 0.29) is 11.6 Å². The Bertz CT molecular complexity index is 541. The van der Waals surface area contributed by atoms with Gasteiger partial charge in [-0.05, 0) is 19.9 Å². The van der Waals surface area contributed by atoms with E-state index < -0.39 is 5.69 Å². The smallest absolute Gasteiger partial charge is 0.346 e. The molecule has 100 valence electrons. The Morgan fingerprint density at radius 1 is 1.44 bits per heavy atom. The van der Waals surface area contributed by atoms with Gasteiger partial charge in [0.15, 0.2) is 0 Å². The predicted octanol–water partition coefficient (Wildman–Crippen LogP) is -1.33. The third-order valence-corrected chi connectivity index (χ3v) is 3.39. The van der Waals surface area contributed by atoms with Gasteiger partial charge in [-0.25, -0.2) is 9.48 Å². The summed E-state index contributed by atoms with van der Waals surface area (Å²) in [7, 11) is 3.04. The summed E-state index contributed by atoms with van der Waals surface area (Å²) in [5, 5.41) is 7.39. The maximum absolute atomic E-state index is 12.1. The van der Waals surface area contributed by atoms with Gasteiger partial charge in [-0.3, -0.25) is 9.36 Å². The van der Waals surface area contributed by atoms with Crippen molar-refractivity contribution in [3.63, 3.8) is 0 Å². The second-order valence-electron chi connectivity index (χ2n) is 4.53. The second-order valence-corrected chi connectivity index (χ2v) is 4.53. The molecule has 0 radical (unpaired) electrons. The van der Waals surface area contributed by atoms with Crippen LogP contribution in [-0.4, -0.2) is 40.0 Å². The van der Waals surface area contributed by atoms with Crippen LogP contribution in [0.2, 0.25) is 0 Å². The van der Waals surface area contributed by atoms with E-state index in [1.165, 1.54) is 11.7 Å². The molecule has 2 heterocycles. The Morgan fingerprint density at radius 3 is 2.72 bits per heavy atom. The lowest BCUT2D eigenvalue weighted by Gasteiger charge is -2.27. The van der Waals surface area contributed by atoms with Crippen LogP contribution in [0.25, 0.3) is 0 Å². The molecule has 1 unspecified atom stereocenters. The molecule has 1 aromatic heterocycles. The lowest BCUT2D eigenvalue weighted by atomic mass is 10.2. The monoisotopic (exact) mass is 253 g/mol. The van der Waals surface area contributed by atoms with Crippen molar-refractivity contribution in [3.05, 3.63) is 20.8 Å². The maximum Gasteiger partial charge on any atom is 0.346 e. The minimum Gasteiger partial charge on any atom is -0.347 e. The van der Waals surface area contributed by atoms with Crippen molar-refractivity contribution in [2.24, 2.45) is 14.1 Å². The SMILES string of the molecule is CCN(c1nn(C)c(=O)n(C)c1=O)C1CCNC1. The standard InChI is InChI=1S/C11H19N5O2/c1-4-16(8-5-6-12-7-8)9-10(17)14(2)11(18)15(3)13-9/h8,12H,4-7H2,1-3H3. The summed E-state index contributed by atoms with van der Waals surface area (Å²) in [6.45, 7) is 4.49. The number of nitrogens with zero attached hydrogens (tertiary/aromatic N) is 4. The van der Waals surface area contributed by atoms with Crippen LogP contribution in [-0.2, 0) is 14.1 Å². The second kappa shape index (κ2) is 4.93. The molecule has 1 fully saturated rings. The topological polar surface area (TPSA) is 72.2 Å². The highest BCUT2D eigenvalue weighted by Gasteiger charge is 2.25. The summed E-state index contributed by atoms with van der Waals surface area (Å²) < 4.78 is 2.31. The fourth-order valence-electron chi connectivity index (χ4n) is 2.35. The molecule has 0 aromatic carbocycles. The molecule has 7 heteroatoms. The van der Waals surface area contributed by atoms with Crippen LogP contribution in [0.4, 0.5) is 5.82 Å². The highest BCUT2D eigenvalue weighted by Crippen LogP contribution is 2.13. The van der Waals surface area contributed by atoms with Crippen LogP contribution < -0.4 is 21.5 Å². The van der Waals surface area contributed by atoms with E-state index in [2.05, 4.69) is 10.4 Å². The van der Waals surface area contributed by atoms with Gasteiger partial charge in [0.25, 0.3) is 5.56 Å². The van der Waals surface area contributed by atoms with Gasteiger partial charge in [-0.1, -0.05) is 0 Å². The Balaban J connectivity index is 2.48. The molecule has 0 spiro atoms. The maximum atomic E-state index is 12.1.